The third-order valence-electron chi connectivity index (χ3n) is 5.17. The molecule has 0 amide bonds. The lowest BCUT2D eigenvalue weighted by molar-refractivity contribution is 0.323. The molecule has 0 bridgehead atoms. The fraction of sp³-hybridized carbons (Fsp3) is 0.261. The number of likely N-dealkylation sites (tertiary alicyclic amines) is 1. The SMILES string of the molecule is Fc1cccc(NSc2cc(Cl)c(NC(CN3CCCC3)c3ccccc3)cc2F)n1. The van der Waals surface area contributed by atoms with Crippen LogP contribution in [0.15, 0.2) is 65.6 Å². The van der Waals surface area contributed by atoms with Gasteiger partial charge in [-0.2, -0.15) is 4.39 Å². The van der Waals surface area contributed by atoms with E-state index in [2.05, 4.69) is 32.1 Å². The molecule has 1 fully saturated rings. The Bertz CT molecular complexity index is 1020. The van der Waals surface area contributed by atoms with E-state index < -0.39 is 11.8 Å². The Balaban J connectivity index is 1.50. The number of nitrogens with one attached hydrogen (secondary N) is 2. The summed E-state index contributed by atoms with van der Waals surface area (Å²) in [6.07, 6.45) is 2.41. The van der Waals surface area contributed by atoms with Gasteiger partial charge in [-0.3, -0.25) is 0 Å². The molecule has 4 rings (SSSR count). The molecule has 4 nitrogen and oxygen atoms in total. The largest absolute Gasteiger partial charge is 0.376 e. The van der Waals surface area contributed by atoms with Crippen LogP contribution in [0.25, 0.3) is 0 Å². The normalized spacial score (nSPS) is 15.1. The summed E-state index contributed by atoms with van der Waals surface area (Å²) < 4.78 is 30.9. The lowest BCUT2D eigenvalue weighted by Gasteiger charge is -2.26. The zero-order valence-electron chi connectivity index (χ0n) is 16.8. The molecule has 1 atom stereocenters. The summed E-state index contributed by atoms with van der Waals surface area (Å²) in [5, 5.41) is 3.85. The second-order valence-electron chi connectivity index (χ2n) is 7.43. The van der Waals surface area contributed by atoms with Crippen molar-refractivity contribution in [3.63, 3.8) is 0 Å². The van der Waals surface area contributed by atoms with Crippen molar-refractivity contribution in [1.82, 2.24) is 9.88 Å². The summed E-state index contributed by atoms with van der Waals surface area (Å²) in [4.78, 5) is 6.42. The van der Waals surface area contributed by atoms with Crippen LogP contribution in [0.1, 0.15) is 24.4 Å². The number of nitrogens with zero attached hydrogens (tertiary/aromatic N) is 2. The molecule has 31 heavy (non-hydrogen) atoms. The lowest BCUT2D eigenvalue weighted by atomic mass is 10.1. The minimum Gasteiger partial charge on any atom is -0.376 e. The topological polar surface area (TPSA) is 40.2 Å². The number of halogens is 3. The Labute approximate surface area is 190 Å². The summed E-state index contributed by atoms with van der Waals surface area (Å²) in [7, 11) is 0. The number of benzene rings is 2. The number of aromatic nitrogens is 1. The fourth-order valence-electron chi connectivity index (χ4n) is 3.62. The first-order valence-electron chi connectivity index (χ1n) is 10.2. The predicted octanol–water partition coefficient (Wildman–Crippen LogP) is 6.38. The van der Waals surface area contributed by atoms with Gasteiger partial charge < -0.3 is 14.9 Å². The summed E-state index contributed by atoms with van der Waals surface area (Å²) in [5.74, 6) is -0.722. The van der Waals surface area contributed by atoms with E-state index in [1.165, 1.54) is 31.0 Å². The number of hydrogen-bond donors (Lipinski definition) is 2. The molecule has 2 aromatic carbocycles. The first-order chi connectivity index (χ1) is 15.1. The van der Waals surface area contributed by atoms with Crippen LogP contribution in [0, 0.1) is 11.8 Å². The molecule has 0 aliphatic carbocycles. The lowest BCUT2D eigenvalue weighted by Crippen LogP contribution is -2.29. The third-order valence-corrected chi connectivity index (χ3v) is 6.33. The second-order valence-corrected chi connectivity index (χ2v) is 8.68. The molecular formula is C23H23ClF2N4S. The molecule has 1 aliphatic heterocycles. The van der Waals surface area contributed by atoms with E-state index in [1.807, 2.05) is 18.2 Å². The number of pyridine rings is 1. The van der Waals surface area contributed by atoms with Gasteiger partial charge in [0.05, 0.1) is 21.6 Å². The molecule has 0 radical (unpaired) electrons. The first-order valence-corrected chi connectivity index (χ1v) is 11.4. The van der Waals surface area contributed by atoms with Crippen LogP contribution in [-0.2, 0) is 0 Å². The number of rotatable bonds is 8. The van der Waals surface area contributed by atoms with Crippen molar-refractivity contribution in [3.05, 3.63) is 83.0 Å². The van der Waals surface area contributed by atoms with Gasteiger partial charge in [0.15, 0.2) is 0 Å². The average Bonchev–Trinajstić information content (AvgIpc) is 3.28. The smallest absolute Gasteiger partial charge is 0.214 e. The van der Waals surface area contributed by atoms with Crippen LogP contribution in [0.3, 0.4) is 0 Å². The van der Waals surface area contributed by atoms with E-state index in [1.54, 1.807) is 12.1 Å². The van der Waals surface area contributed by atoms with E-state index in [9.17, 15) is 8.78 Å². The van der Waals surface area contributed by atoms with Crippen LogP contribution in [0.4, 0.5) is 20.3 Å². The second kappa shape index (κ2) is 10.3. The van der Waals surface area contributed by atoms with Crippen molar-refractivity contribution < 1.29 is 8.78 Å². The Morgan fingerprint density at radius 3 is 2.55 bits per heavy atom. The van der Waals surface area contributed by atoms with Gasteiger partial charge in [-0.1, -0.05) is 48.0 Å². The van der Waals surface area contributed by atoms with E-state index in [0.717, 1.165) is 37.1 Å². The highest BCUT2D eigenvalue weighted by molar-refractivity contribution is 8.00. The molecule has 1 unspecified atom stereocenters. The maximum atomic E-state index is 14.8. The summed E-state index contributed by atoms with van der Waals surface area (Å²) >= 11 is 7.50. The van der Waals surface area contributed by atoms with Gasteiger partial charge in [0.1, 0.15) is 11.6 Å². The highest BCUT2D eigenvalue weighted by Gasteiger charge is 2.20. The van der Waals surface area contributed by atoms with E-state index in [-0.39, 0.29) is 6.04 Å². The van der Waals surface area contributed by atoms with Crippen molar-refractivity contribution >= 4 is 35.1 Å². The molecule has 0 spiro atoms. The van der Waals surface area contributed by atoms with Crippen molar-refractivity contribution in [3.8, 4) is 0 Å². The molecule has 2 N–H and O–H groups in total. The van der Waals surface area contributed by atoms with Gasteiger partial charge in [-0.15, -0.1) is 0 Å². The molecule has 1 aromatic heterocycles. The standard InChI is InChI=1S/C23H23ClF2N4S/c24-17-13-21(31-29-23-10-6-9-22(26)28-23)18(25)14-19(17)27-20(15-30-11-4-5-12-30)16-7-2-1-3-8-16/h1-3,6-10,13-14,20,27H,4-5,11-12,15H2,(H,28,29). The minimum absolute atomic E-state index is 0.00989. The predicted molar refractivity (Wildman–Crippen MR) is 124 cm³/mol. The summed E-state index contributed by atoms with van der Waals surface area (Å²) in [6.45, 7) is 2.97. The number of anilines is 2. The number of hydrogen-bond acceptors (Lipinski definition) is 5. The van der Waals surface area contributed by atoms with Crippen molar-refractivity contribution in [2.45, 2.75) is 23.8 Å². The highest BCUT2D eigenvalue weighted by Crippen LogP contribution is 2.34. The third kappa shape index (κ3) is 5.87. The summed E-state index contributed by atoms with van der Waals surface area (Å²) in [6, 6.07) is 17.5. The van der Waals surface area contributed by atoms with Crippen LogP contribution < -0.4 is 10.0 Å². The zero-order chi connectivity index (χ0) is 21.6. The molecule has 1 saturated heterocycles. The quantitative estimate of drug-likeness (QED) is 0.301. The fourth-order valence-corrected chi connectivity index (χ4v) is 4.56. The molecule has 8 heteroatoms. The van der Waals surface area contributed by atoms with Crippen LogP contribution in [-0.4, -0.2) is 29.5 Å². The molecule has 2 heterocycles. The van der Waals surface area contributed by atoms with Gasteiger partial charge in [0, 0.05) is 6.54 Å². The molecule has 3 aromatic rings. The Morgan fingerprint density at radius 2 is 1.81 bits per heavy atom. The van der Waals surface area contributed by atoms with Gasteiger partial charge >= 0.3 is 0 Å². The zero-order valence-corrected chi connectivity index (χ0v) is 18.4. The summed E-state index contributed by atoms with van der Waals surface area (Å²) in [5.41, 5.74) is 1.67. The van der Waals surface area contributed by atoms with Crippen LogP contribution >= 0.6 is 23.5 Å². The Hall–Kier alpha value is -2.35. The minimum atomic E-state index is -0.603. The first kappa shape index (κ1) is 21.9. The van der Waals surface area contributed by atoms with Gasteiger partial charge in [-0.05, 0) is 67.7 Å². The van der Waals surface area contributed by atoms with Gasteiger partial charge in [0.25, 0.3) is 0 Å². The van der Waals surface area contributed by atoms with Crippen molar-refractivity contribution in [2.24, 2.45) is 0 Å². The molecular weight excluding hydrogens is 438 g/mol. The maximum Gasteiger partial charge on any atom is 0.214 e. The highest BCUT2D eigenvalue weighted by atomic mass is 35.5. The van der Waals surface area contributed by atoms with E-state index in [4.69, 9.17) is 11.6 Å². The van der Waals surface area contributed by atoms with Crippen LogP contribution in [0.2, 0.25) is 5.02 Å². The van der Waals surface area contributed by atoms with E-state index >= 15 is 0 Å². The van der Waals surface area contributed by atoms with E-state index in [0.29, 0.717) is 21.4 Å². The Kier molecular flexibility index (Phi) is 7.27. The van der Waals surface area contributed by atoms with Crippen molar-refractivity contribution in [1.29, 1.82) is 0 Å². The monoisotopic (exact) mass is 460 g/mol. The van der Waals surface area contributed by atoms with Crippen LogP contribution in [0.5, 0.6) is 0 Å². The molecule has 0 saturated carbocycles. The van der Waals surface area contributed by atoms with Gasteiger partial charge in [-0.25, -0.2) is 9.37 Å². The maximum absolute atomic E-state index is 14.8. The average molecular weight is 461 g/mol. The molecule has 1 aliphatic rings. The van der Waals surface area contributed by atoms with Gasteiger partial charge in [0.2, 0.25) is 5.95 Å². The Morgan fingerprint density at radius 1 is 1.03 bits per heavy atom. The van der Waals surface area contributed by atoms with Crippen molar-refractivity contribution in [2.75, 3.05) is 29.7 Å². The molecule has 162 valence electrons.